The number of hydrogen-bond acceptors (Lipinski definition) is 25. The van der Waals surface area contributed by atoms with Crippen molar-refractivity contribution >= 4 is 167 Å². The molecule has 5 aromatic carbocycles. The van der Waals surface area contributed by atoms with E-state index in [1.807, 2.05) is 74.5 Å². The molecule has 1 unspecified atom stereocenters. The van der Waals surface area contributed by atoms with Crippen molar-refractivity contribution in [2.24, 2.45) is 33.4 Å². The molecule has 0 bridgehead atoms. The SMILES string of the molecule is CC(=O)NC[C@H](CC(=O)[C@H](CC(=O)O)NC(=O)[C@H](CCCN=C(N)N)CC(=O)[C@H](C)NC(=O)CCCNC(=O)c1ccc(NCc2cnc3nc(N)[nH]c(=O)c3n2)cc1)C(=O)O.CCC/C(C)=N/NC(=O)CCC(=O)Cc1ccc2[nH]c(C(=O)Cc3ccc4[nH]c(C(=O)N5CC(CCl)c6c5cc(O)c5ccccc65)cc4c3)cc2c1.O=C=O.O=C=O. The highest BCUT2D eigenvalue weighted by Gasteiger charge is 2.37. The van der Waals surface area contributed by atoms with Crippen molar-refractivity contribution in [2.45, 2.75) is 136 Å². The number of aromatic nitrogens is 6. The number of carboxylic acid groups (broad SMARTS) is 2. The Morgan fingerprint density at radius 2 is 1.36 bits per heavy atom. The predicted molar refractivity (Wildman–Crippen MR) is 441 cm³/mol. The van der Waals surface area contributed by atoms with Crippen molar-refractivity contribution < 1.29 is 92.0 Å². The number of phenolic OH excluding ortho intramolecular Hbond substituents is 1. The number of nitrogens with zero attached hydrogens (tertiary/aromatic N) is 6. The molecule has 0 fully saturated rings. The number of aromatic amines is 3. The number of rotatable bonds is 39. The molecule has 0 saturated carbocycles. The number of carbonyl (C=O) groups is 12. The quantitative estimate of drug-likeness (QED) is 0.00585. The fourth-order valence-corrected chi connectivity index (χ4v) is 13.3. The minimum absolute atomic E-state index is 0.0145. The molecule has 1 aliphatic rings. The number of aromatic hydroxyl groups is 1. The Bertz CT molecular complexity index is 5520. The zero-order valence-electron chi connectivity index (χ0n) is 66.3. The first-order valence-electron chi connectivity index (χ1n) is 38.0. The molecule has 10 rings (SSSR count). The number of carboxylic acids is 2. The number of aliphatic carboxylic acids is 2. The first kappa shape index (κ1) is 93.6. The number of nitrogens with one attached hydrogen (secondary N) is 9. The summed E-state index contributed by atoms with van der Waals surface area (Å²) in [5.41, 5.74) is 26.4. The van der Waals surface area contributed by atoms with Gasteiger partial charge in [0.1, 0.15) is 17.2 Å². The number of ketones is 4. The molecule has 18 N–H and O–H groups in total. The molecule has 5 atom stereocenters. The fraction of sp³-hybridized carbons (Fsp3) is 0.341. The summed E-state index contributed by atoms with van der Waals surface area (Å²) in [6.45, 7) is 6.88. The Hall–Kier alpha value is -14.5. The smallest absolute Gasteiger partial charge is 0.373 e. The van der Waals surface area contributed by atoms with Crippen LogP contribution in [-0.4, -0.2) is 184 Å². The third-order valence-corrected chi connectivity index (χ3v) is 19.4. The summed E-state index contributed by atoms with van der Waals surface area (Å²) in [5.74, 6) is -9.77. The lowest BCUT2D eigenvalue weighted by molar-refractivity contribution is -0.193. The zero-order chi connectivity index (χ0) is 88.6. The van der Waals surface area contributed by atoms with Gasteiger partial charge in [0.2, 0.25) is 29.6 Å². The second-order valence-corrected chi connectivity index (χ2v) is 28.5. The van der Waals surface area contributed by atoms with E-state index in [2.05, 4.69) is 72.0 Å². The van der Waals surface area contributed by atoms with Gasteiger partial charge in [0.25, 0.3) is 17.4 Å². The summed E-state index contributed by atoms with van der Waals surface area (Å²) in [4.78, 5) is 223. The van der Waals surface area contributed by atoms with E-state index in [9.17, 15) is 77.6 Å². The fourth-order valence-electron chi connectivity index (χ4n) is 13.1. The Labute approximate surface area is 694 Å². The molecule has 5 heterocycles. The van der Waals surface area contributed by atoms with Gasteiger partial charge in [-0.05, 0) is 122 Å². The molecule has 4 aromatic heterocycles. The second-order valence-electron chi connectivity index (χ2n) is 28.1. The average Bonchev–Trinajstić information content (AvgIpc) is 1.60. The Balaban J connectivity index is 0.000000315. The van der Waals surface area contributed by atoms with Crippen LogP contribution in [0.3, 0.4) is 0 Å². The number of hydrazone groups is 1. The number of fused-ring (bicyclic) bond motifs is 6. The maximum absolute atomic E-state index is 13.9. The number of benzene rings is 5. The lowest BCUT2D eigenvalue weighted by atomic mass is 9.92. The van der Waals surface area contributed by atoms with Gasteiger partial charge in [-0.15, -0.1) is 11.6 Å². The maximum atomic E-state index is 13.9. The van der Waals surface area contributed by atoms with Gasteiger partial charge >= 0.3 is 24.2 Å². The topological polar surface area (TPSA) is 615 Å². The lowest BCUT2D eigenvalue weighted by Crippen LogP contribution is -2.47. The number of hydrogen-bond donors (Lipinski definition) is 15. The molecule has 9 aromatic rings. The summed E-state index contributed by atoms with van der Waals surface area (Å²) in [6, 6.07) is 27.9. The molecule has 0 spiro atoms. The number of phenols is 1. The summed E-state index contributed by atoms with van der Waals surface area (Å²) >= 11 is 6.38. The predicted octanol–water partition coefficient (Wildman–Crippen LogP) is 5.24. The molecule has 0 saturated heterocycles. The highest BCUT2D eigenvalue weighted by atomic mass is 35.5. The molecule has 636 valence electrons. The first-order chi connectivity index (χ1) is 57.8. The Morgan fingerprint density at radius 1 is 0.719 bits per heavy atom. The van der Waals surface area contributed by atoms with Gasteiger partial charge in [0.15, 0.2) is 34.5 Å². The minimum Gasteiger partial charge on any atom is -0.507 e. The van der Waals surface area contributed by atoms with E-state index in [0.29, 0.717) is 46.4 Å². The number of nitrogen functional groups attached to an aromatic ring is 1. The van der Waals surface area contributed by atoms with Crippen molar-refractivity contribution in [1.29, 1.82) is 0 Å². The van der Waals surface area contributed by atoms with Crippen LogP contribution < -0.4 is 59.7 Å². The van der Waals surface area contributed by atoms with Crippen LogP contribution in [0.15, 0.2) is 124 Å². The minimum atomic E-state index is -1.65. The molecule has 0 aliphatic carbocycles. The number of amides is 6. The standard InChI is InChI=1S/C42H40ClN5O5.C38H51N13O11.2CO2/c1-3-6-24(2)46-47-40(52)14-11-30(49)17-25-9-12-33-27(15-25)19-35(44-33)39(51)18-26-10-13-34-28(16-26)20-36(45-34)42(53)48-23-29(22-43)41-32-8-5-4-7-31(32)38(50)21-37(41)48;1-19(27(53)13-22(5-3-12-43-37(39)40)34(59)49-26(15-30(56)57)28(54)14-23(36(61)62)16-44-20(2)52)47-29(55)6-4-11-42-33(58)21-7-9-24(10-8-21)45-17-25-18-46-32-31(48-25)35(60)51-38(41)50-32;2*2-1-3/h4-5,7-10,12-13,15-16,19-21,29,44-45,50H,3,6,11,14,17-18,22-23H2,1-2H3,(H,47,52);7-10,18-19,22-23,26,45H,3-6,11-17H2,1-2H3,(H,42,58)(H,44,52)(H,47,55)(H,49,59)(H,56,57)(H,61,62)(H4,39,40,43)(H3,41,46,50,51,60);;/b46-24+;;;/t;19-,22+,23-,26-;;/m.0../s1. The summed E-state index contributed by atoms with van der Waals surface area (Å²) in [7, 11) is 0. The van der Waals surface area contributed by atoms with E-state index in [1.165, 1.54) is 13.1 Å². The van der Waals surface area contributed by atoms with Gasteiger partial charge in [-0.2, -0.15) is 29.3 Å². The number of H-pyrrole nitrogens is 3. The zero-order valence-corrected chi connectivity index (χ0v) is 67.0. The average molecular weight is 1680 g/mol. The number of guanidine groups is 1. The largest absolute Gasteiger partial charge is 0.507 e. The molecular formula is C82H91ClN18O20. The molecule has 39 heteroatoms. The van der Waals surface area contributed by atoms with E-state index >= 15 is 0 Å². The molecular weight excluding hydrogens is 1590 g/mol. The van der Waals surface area contributed by atoms with Gasteiger partial charge in [0, 0.05) is 146 Å². The molecule has 1 aliphatic heterocycles. The van der Waals surface area contributed by atoms with Gasteiger partial charge in [-0.25, -0.2) is 15.4 Å². The first-order valence-corrected chi connectivity index (χ1v) is 38.5. The Kier molecular flexibility index (Phi) is 35.5. The van der Waals surface area contributed by atoms with Crippen LogP contribution in [0.1, 0.15) is 158 Å². The van der Waals surface area contributed by atoms with E-state index < -0.39 is 102 Å². The monoisotopic (exact) mass is 1680 g/mol. The summed E-state index contributed by atoms with van der Waals surface area (Å²) in [6.07, 6.45) is 2.60. The van der Waals surface area contributed by atoms with Crippen molar-refractivity contribution in [1.82, 2.24) is 56.6 Å². The number of nitrogens with two attached hydrogens (primary N) is 3. The molecule has 38 nitrogen and oxygen atoms in total. The third kappa shape index (κ3) is 28.1. The van der Waals surface area contributed by atoms with Crippen LogP contribution in [0, 0.1) is 11.8 Å². The summed E-state index contributed by atoms with van der Waals surface area (Å²) < 4.78 is 0. The van der Waals surface area contributed by atoms with Crippen molar-refractivity contribution in [3.63, 3.8) is 0 Å². The lowest BCUT2D eigenvalue weighted by Gasteiger charge is -2.23. The highest BCUT2D eigenvalue weighted by Crippen LogP contribution is 2.46. The van der Waals surface area contributed by atoms with Crippen LogP contribution in [0.25, 0.3) is 43.7 Å². The number of halogens is 1. The van der Waals surface area contributed by atoms with Gasteiger partial charge in [0.05, 0.1) is 54.2 Å². The number of Topliss-reactive ketones (excluding diaryl/α,β-unsaturated/α-hetero) is 4. The van der Waals surface area contributed by atoms with E-state index in [1.54, 1.807) is 47.4 Å². The van der Waals surface area contributed by atoms with E-state index in [0.717, 1.165) is 74.7 Å². The van der Waals surface area contributed by atoms with Crippen LogP contribution in [0.5, 0.6) is 5.75 Å². The van der Waals surface area contributed by atoms with Gasteiger partial charge < -0.3 is 74.0 Å². The van der Waals surface area contributed by atoms with E-state index in [-0.39, 0.29) is 141 Å². The number of aliphatic imine (C=N–C) groups is 1. The van der Waals surface area contributed by atoms with Crippen molar-refractivity contribution in [2.75, 3.05) is 48.0 Å². The van der Waals surface area contributed by atoms with E-state index in [4.69, 9.17) is 48.0 Å². The number of alkyl halides is 1. The van der Waals surface area contributed by atoms with Crippen LogP contribution >= 0.6 is 11.6 Å². The summed E-state index contributed by atoms with van der Waals surface area (Å²) in [5, 5.41) is 50.0. The van der Waals surface area contributed by atoms with Crippen LogP contribution in [0.2, 0.25) is 0 Å². The normalized spacial score (nSPS) is 12.9. The van der Waals surface area contributed by atoms with Crippen LogP contribution in [-0.2, 0) is 81.7 Å². The molecule has 6 amide bonds. The highest BCUT2D eigenvalue weighted by molar-refractivity contribution is 6.19. The van der Waals surface area contributed by atoms with Crippen LogP contribution in [0.4, 0.5) is 17.3 Å². The van der Waals surface area contributed by atoms with Gasteiger partial charge in [-0.1, -0.05) is 49.7 Å². The second kappa shape index (κ2) is 45.9. The molecule has 0 radical (unpaired) electrons. The van der Waals surface area contributed by atoms with Crippen molar-refractivity contribution in [3.8, 4) is 5.75 Å². The Morgan fingerprint density at radius 3 is 2.00 bits per heavy atom. The van der Waals surface area contributed by atoms with Crippen molar-refractivity contribution in [3.05, 3.63) is 159 Å². The maximum Gasteiger partial charge on any atom is 0.373 e. The van der Waals surface area contributed by atoms with Gasteiger partial charge in [-0.3, -0.25) is 72.3 Å². The third-order valence-electron chi connectivity index (χ3n) is 19.0. The number of anilines is 3. The molecule has 121 heavy (non-hydrogen) atoms. The number of carbonyl (C=O) groups excluding carboxylic acids is 14.